The number of nitrogens with zero attached hydrogens (tertiary/aromatic N) is 5. The standard InChI is InChI=1S/C16H18N6OS/c1-11-5-3-7-14(18-11)22-15(10-21(2)16(17)23)19-13(20-22)9-12-6-4-8-24-12/h3-8H,9-10H2,1-2H3,(H2,17,23). The predicted octanol–water partition coefficient (Wildman–Crippen LogP) is 2.13. The van der Waals surface area contributed by atoms with Crippen molar-refractivity contribution in [2.45, 2.75) is 19.9 Å². The molecule has 8 heteroatoms. The highest BCUT2D eigenvalue weighted by Gasteiger charge is 2.16. The minimum Gasteiger partial charge on any atom is -0.351 e. The Morgan fingerprint density at radius 2 is 2.12 bits per heavy atom. The van der Waals surface area contributed by atoms with E-state index in [0.717, 1.165) is 5.69 Å². The Hall–Kier alpha value is -2.74. The van der Waals surface area contributed by atoms with Gasteiger partial charge in [0.1, 0.15) is 0 Å². The van der Waals surface area contributed by atoms with Gasteiger partial charge in [0.15, 0.2) is 17.5 Å². The fourth-order valence-electron chi connectivity index (χ4n) is 2.26. The summed E-state index contributed by atoms with van der Waals surface area (Å²) in [6, 6.07) is 9.24. The van der Waals surface area contributed by atoms with Crippen molar-refractivity contribution in [2.24, 2.45) is 5.73 Å². The van der Waals surface area contributed by atoms with Crippen LogP contribution in [0.15, 0.2) is 35.7 Å². The molecule has 0 spiro atoms. The number of hydrogen-bond donors (Lipinski definition) is 1. The van der Waals surface area contributed by atoms with E-state index in [4.69, 9.17) is 5.73 Å². The maximum absolute atomic E-state index is 11.3. The van der Waals surface area contributed by atoms with E-state index in [1.807, 2.05) is 42.6 Å². The second-order valence-electron chi connectivity index (χ2n) is 5.44. The molecule has 0 saturated carbocycles. The predicted molar refractivity (Wildman–Crippen MR) is 92.1 cm³/mol. The van der Waals surface area contributed by atoms with Crippen LogP contribution in [-0.2, 0) is 13.0 Å². The van der Waals surface area contributed by atoms with E-state index in [1.165, 1.54) is 9.78 Å². The Morgan fingerprint density at radius 1 is 1.29 bits per heavy atom. The second kappa shape index (κ2) is 6.79. The summed E-state index contributed by atoms with van der Waals surface area (Å²) in [6.45, 7) is 2.19. The maximum atomic E-state index is 11.3. The number of carbonyl (C=O) groups excluding carboxylic acids is 1. The first-order valence-electron chi connectivity index (χ1n) is 7.44. The highest BCUT2D eigenvalue weighted by Crippen LogP contribution is 2.15. The van der Waals surface area contributed by atoms with Gasteiger partial charge >= 0.3 is 6.03 Å². The number of aromatic nitrogens is 4. The summed E-state index contributed by atoms with van der Waals surface area (Å²) in [5.74, 6) is 1.99. The zero-order chi connectivity index (χ0) is 17.1. The van der Waals surface area contributed by atoms with Crippen molar-refractivity contribution in [1.82, 2.24) is 24.6 Å². The first kappa shape index (κ1) is 16.1. The summed E-state index contributed by atoms with van der Waals surface area (Å²) in [6.07, 6.45) is 0.643. The van der Waals surface area contributed by atoms with Crippen molar-refractivity contribution in [2.75, 3.05) is 7.05 Å². The van der Waals surface area contributed by atoms with Crippen molar-refractivity contribution in [1.29, 1.82) is 0 Å². The molecular weight excluding hydrogens is 324 g/mol. The van der Waals surface area contributed by atoms with Crippen LogP contribution in [0.4, 0.5) is 4.79 Å². The number of amides is 2. The number of rotatable bonds is 5. The number of aryl methyl sites for hydroxylation is 1. The third-order valence-corrected chi connectivity index (χ3v) is 4.35. The number of primary amides is 1. The lowest BCUT2D eigenvalue weighted by molar-refractivity contribution is 0.215. The van der Waals surface area contributed by atoms with Gasteiger partial charge < -0.3 is 10.6 Å². The summed E-state index contributed by atoms with van der Waals surface area (Å²) in [5, 5.41) is 6.60. The SMILES string of the molecule is Cc1cccc(-n2nc(Cc3cccs3)nc2CN(C)C(N)=O)n1. The number of thiophene rings is 1. The van der Waals surface area contributed by atoms with Crippen LogP contribution < -0.4 is 5.73 Å². The zero-order valence-corrected chi connectivity index (χ0v) is 14.3. The van der Waals surface area contributed by atoms with Crippen LogP contribution in [0.2, 0.25) is 0 Å². The van der Waals surface area contributed by atoms with E-state index in [-0.39, 0.29) is 6.54 Å². The third kappa shape index (κ3) is 3.60. The normalized spacial score (nSPS) is 10.8. The minimum atomic E-state index is -0.512. The largest absolute Gasteiger partial charge is 0.351 e. The minimum absolute atomic E-state index is 0.266. The van der Waals surface area contributed by atoms with Gasteiger partial charge in [0.05, 0.1) is 6.54 Å². The summed E-state index contributed by atoms with van der Waals surface area (Å²) in [4.78, 5) is 23.0. The highest BCUT2D eigenvalue weighted by atomic mass is 32.1. The topological polar surface area (TPSA) is 89.9 Å². The van der Waals surface area contributed by atoms with Crippen LogP contribution >= 0.6 is 11.3 Å². The molecule has 0 aliphatic rings. The van der Waals surface area contributed by atoms with Gasteiger partial charge in [-0.1, -0.05) is 12.1 Å². The van der Waals surface area contributed by atoms with E-state index < -0.39 is 6.03 Å². The fraction of sp³-hybridized carbons (Fsp3) is 0.250. The quantitative estimate of drug-likeness (QED) is 0.769. The van der Waals surface area contributed by atoms with Crippen molar-refractivity contribution in [3.63, 3.8) is 0 Å². The van der Waals surface area contributed by atoms with E-state index in [2.05, 4.69) is 15.1 Å². The van der Waals surface area contributed by atoms with Crippen molar-refractivity contribution < 1.29 is 4.79 Å². The van der Waals surface area contributed by atoms with Gasteiger partial charge in [-0.3, -0.25) is 0 Å². The van der Waals surface area contributed by atoms with E-state index >= 15 is 0 Å². The molecule has 124 valence electrons. The molecule has 24 heavy (non-hydrogen) atoms. The third-order valence-electron chi connectivity index (χ3n) is 3.48. The lowest BCUT2D eigenvalue weighted by atomic mass is 10.3. The molecule has 3 heterocycles. The summed E-state index contributed by atoms with van der Waals surface area (Å²) >= 11 is 1.66. The smallest absolute Gasteiger partial charge is 0.314 e. The number of pyridine rings is 1. The Labute approximate surface area is 143 Å². The summed E-state index contributed by atoms with van der Waals surface area (Å²) in [5.41, 5.74) is 6.21. The average Bonchev–Trinajstić information content (AvgIpc) is 3.17. The molecule has 0 aliphatic carbocycles. The Morgan fingerprint density at radius 3 is 2.79 bits per heavy atom. The highest BCUT2D eigenvalue weighted by molar-refractivity contribution is 7.09. The molecule has 2 N–H and O–H groups in total. The van der Waals surface area contributed by atoms with Gasteiger partial charge in [-0.05, 0) is 30.5 Å². The molecular formula is C16H18N6OS. The lowest BCUT2D eigenvalue weighted by Crippen LogP contribution is -2.32. The molecule has 0 aromatic carbocycles. The van der Waals surface area contributed by atoms with Crippen LogP contribution in [-0.4, -0.2) is 37.7 Å². The molecule has 3 aromatic rings. The summed E-state index contributed by atoms with van der Waals surface area (Å²) in [7, 11) is 1.63. The van der Waals surface area contributed by atoms with Crippen LogP contribution in [0.3, 0.4) is 0 Å². The first-order chi connectivity index (χ1) is 11.5. The van der Waals surface area contributed by atoms with Gasteiger partial charge in [0, 0.05) is 24.0 Å². The molecule has 0 radical (unpaired) electrons. The average molecular weight is 342 g/mol. The molecule has 0 atom stereocenters. The Kier molecular flexibility index (Phi) is 4.57. The van der Waals surface area contributed by atoms with Crippen LogP contribution in [0, 0.1) is 6.92 Å². The Bertz CT molecular complexity index is 842. The molecule has 7 nitrogen and oxygen atoms in total. The molecule has 0 fully saturated rings. The molecule has 3 rings (SSSR count). The van der Waals surface area contributed by atoms with Gasteiger partial charge in [0.2, 0.25) is 0 Å². The first-order valence-corrected chi connectivity index (χ1v) is 8.32. The molecule has 0 aliphatic heterocycles. The van der Waals surface area contributed by atoms with E-state index in [9.17, 15) is 4.79 Å². The molecule has 2 amide bonds. The van der Waals surface area contributed by atoms with Gasteiger partial charge in [-0.2, -0.15) is 4.68 Å². The molecule has 0 unspecified atom stereocenters. The van der Waals surface area contributed by atoms with E-state index in [0.29, 0.717) is 23.9 Å². The van der Waals surface area contributed by atoms with Gasteiger partial charge in [0.25, 0.3) is 0 Å². The van der Waals surface area contributed by atoms with Gasteiger partial charge in [-0.15, -0.1) is 16.4 Å². The zero-order valence-electron chi connectivity index (χ0n) is 13.5. The number of carbonyl (C=O) groups is 1. The molecule has 0 bridgehead atoms. The molecule has 0 saturated heterocycles. The van der Waals surface area contributed by atoms with Crippen LogP contribution in [0.5, 0.6) is 0 Å². The molecule has 3 aromatic heterocycles. The fourth-order valence-corrected chi connectivity index (χ4v) is 2.96. The number of nitrogens with two attached hydrogens (primary N) is 1. The van der Waals surface area contributed by atoms with Crippen molar-refractivity contribution >= 4 is 17.4 Å². The number of urea groups is 1. The maximum Gasteiger partial charge on any atom is 0.314 e. The van der Waals surface area contributed by atoms with Crippen molar-refractivity contribution in [3.05, 3.63) is 57.9 Å². The van der Waals surface area contributed by atoms with Gasteiger partial charge in [-0.25, -0.2) is 14.8 Å². The number of hydrogen-bond acceptors (Lipinski definition) is 5. The van der Waals surface area contributed by atoms with Crippen LogP contribution in [0.1, 0.15) is 22.2 Å². The van der Waals surface area contributed by atoms with E-state index in [1.54, 1.807) is 23.1 Å². The summed E-state index contributed by atoms with van der Waals surface area (Å²) < 4.78 is 1.68. The second-order valence-corrected chi connectivity index (χ2v) is 6.48. The monoisotopic (exact) mass is 342 g/mol. The van der Waals surface area contributed by atoms with Crippen molar-refractivity contribution in [3.8, 4) is 5.82 Å². The van der Waals surface area contributed by atoms with Crippen LogP contribution in [0.25, 0.3) is 5.82 Å². The Balaban J connectivity index is 1.97. The lowest BCUT2D eigenvalue weighted by Gasteiger charge is -2.13.